The number of rotatable bonds is 11. The molecule has 0 unspecified atom stereocenters. The lowest BCUT2D eigenvalue weighted by Crippen LogP contribution is -2.61. The third-order valence-electron chi connectivity index (χ3n) is 7.10. The Hall–Kier alpha value is -3.45. The largest absolute Gasteiger partial charge is 0.478 e. The van der Waals surface area contributed by atoms with Crippen molar-refractivity contribution >= 4 is 17.8 Å². The Bertz CT molecular complexity index is 1120. The van der Waals surface area contributed by atoms with Crippen molar-refractivity contribution in [2.24, 2.45) is 5.41 Å². The minimum absolute atomic E-state index is 0.154. The summed E-state index contributed by atoms with van der Waals surface area (Å²) in [5.41, 5.74) is 0.986. The van der Waals surface area contributed by atoms with Gasteiger partial charge in [0.25, 0.3) is 0 Å². The van der Waals surface area contributed by atoms with Crippen LogP contribution >= 0.6 is 0 Å². The second-order valence-corrected chi connectivity index (χ2v) is 11.5. The summed E-state index contributed by atoms with van der Waals surface area (Å²) in [5.74, 6) is -1.60. The Morgan fingerprint density at radius 1 is 0.921 bits per heavy atom. The zero-order chi connectivity index (χ0) is 28.7. The van der Waals surface area contributed by atoms with E-state index in [2.05, 4.69) is 10.6 Å². The van der Waals surface area contributed by atoms with Gasteiger partial charge in [-0.15, -0.1) is 0 Å². The predicted octanol–water partition coefficient (Wildman–Crippen LogP) is 4.18. The van der Waals surface area contributed by atoms with Crippen LogP contribution in [-0.2, 0) is 26.2 Å². The molecule has 0 saturated carbocycles. The van der Waals surface area contributed by atoms with Crippen LogP contribution in [0.1, 0.15) is 52.7 Å². The number of aliphatic carboxylic acids is 1. The van der Waals surface area contributed by atoms with Gasteiger partial charge in [0, 0.05) is 18.0 Å². The second kappa shape index (κ2) is 12.9. The van der Waals surface area contributed by atoms with Gasteiger partial charge in [0.1, 0.15) is 6.04 Å². The molecule has 2 rings (SSSR count). The van der Waals surface area contributed by atoms with E-state index in [0.717, 1.165) is 11.1 Å². The van der Waals surface area contributed by atoms with E-state index in [-0.39, 0.29) is 17.4 Å². The van der Waals surface area contributed by atoms with Gasteiger partial charge in [-0.25, -0.2) is 4.79 Å². The zero-order valence-electron chi connectivity index (χ0n) is 23.9. The molecule has 2 amide bonds. The van der Waals surface area contributed by atoms with Crippen molar-refractivity contribution in [1.29, 1.82) is 0 Å². The summed E-state index contributed by atoms with van der Waals surface area (Å²) in [5, 5.41) is 15.7. The Balaban J connectivity index is 2.38. The minimum atomic E-state index is -1.04. The zero-order valence-corrected chi connectivity index (χ0v) is 23.9. The first-order chi connectivity index (χ1) is 17.7. The van der Waals surface area contributed by atoms with Crippen molar-refractivity contribution < 1.29 is 19.5 Å². The van der Waals surface area contributed by atoms with Gasteiger partial charge in [0.05, 0.1) is 12.1 Å². The van der Waals surface area contributed by atoms with Gasteiger partial charge in [0.2, 0.25) is 11.8 Å². The molecule has 0 aliphatic heterocycles. The van der Waals surface area contributed by atoms with Gasteiger partial charge in [-0.1, -0.05) is 101 Å². The van der Waals surface area contributed by atoms with Gasteiger partial charge in [-0.2, -0.15) is 0 Å². The van der Waals surface area contributed by atoms with E-state index in [9.17, 15) is 19.5 Å². The van der Waals surface area contributed by atoms with Crippen LogP contribution < -0.4 is 10.6 Å². The van der Waals surface area contributed by atoms with Crippen LogP contribution in [0.4, 0.5) is 0 Å². The van der Waals surface area contributed by atoms with Crippen molar-refractivity contribution in [3.05, 3.63) is 83.4 Å². The molecule has 0 aliphatic rings. The lowest BCUT2D eigenvalue weighted by Gasteiger charge is -2.39. The van der Waals surface area contributed by atoms with Crippen molar-refractivity contribution in [3.63, 3.8) is 0 Å². The van der Waals surface area contributed by atoms with Gasteiger partial charge in [-0.05, 0) is 36.9 Å². The monoisotopic (exact) mass is 521 g/mol. The number of carbonyl (C=O) groups excluding carboxylic acids is 2. The molecule has 0 spiro atoms. The smallest absolute Gasteiger partial charge is 0.331 e. The molecule has 2 aromatic carbocycles. The summed E-state index contributed by atoms with van der Waals surface area (Å²) in [6, 6.07) is 17.5. The maximum absolute atomic E-state index is 14.0. The van der Waals surface area contributed by atoms with E-state index in [1.807, 2.05) is 95.3 Å². The van der Waals surface area contributed by atoms with E-state index < -0.39 is 34.9 Å². The summed E-state index contributed by atoms with van der Waals surface area (Å²) in [6.07, 6.45) is 2.04. The molecule has 0 saturated heterocycles. The highest BCUT2D eigenvalue weighted by Gasteiger charge is 2.41. The van der Waals surface area contributed by atoms with Crippen LogP contribution in [0.25, 0.3) is 0 Å². The topological polar surface area (TPSA) is 98.7 Å². The Morgan fingerprint density at radius 3 is 1.92 bits per heavy atom. The first-order valence-corrected chi connectivity index (χ1v) is 13.0. The normalized spacial score (nSPS) is 14.8. The number of hydrogen-bond acceptors (Lipinski definition) is 4. The molecule has 7 nitrogen and oxygen atoms in total. The third-order valence-corrected chi connectivity index (χ3v) is 7.10. The summed E-state index contributed by atoms with van der Waals surface area (Å²) in [4.78, 5) is 40.8. The minimum Gasteiger partial charge on any atom is -0.478 e. The SMILES string of the molecule is CN[C@H](C(=O)N[C@H](C(=O)N(C)[C@H](C=C(C)C(=O)O)Cc1ccccc1)C(C)(C)C)C(C)(C)c1ccccc1. The molecule has 0 heterocycles. The first kappa shape index (κ1) is 30.8. The summed E-state index contributed by atoms with van der Waals surface area (Å²) < 4.78 is 0. The van der Waals surface area contributed by atoms with Crippen molar-refractivity contribution in [1.82, 2.24) is 15.5 Å². The average molecular weight is 522 g/mol. The summed E-state index contributed by atoms with van der Waals surface area (Å²) in [7, 11) is 3.40. The molecule has 0 radical (unpaired) electrons. The molecule has 0 aromatic heterocycles. The molecule has 0 fully saturated rings. The number of carboxylic acids is 1. The number of benzene rings is 2. The molecular weight excluding hydrogens is 478 g/mol. The van der Waals surface area contributed by atoms with Crippen molar-refractivity contribution in [2.75, 3.05) is 14.1 Å². The Labute approximate surface area is 227 Å². The number of nitrogens with zero attached hydrogens (tertiary/aromatic N) is 1. The molecule has 3 atom stereocenters. The molecule has 0 bridgehead atoms. The van der Waals surface area contributed by atoms with E-state index in [1.165, 1.54) is 6.92 Å². The van der Waals surface area contributed by atoms with Gasteiger partial charge >= 0.3 is 5.97 Å². The van der Waals surface area contributed by atoms with Crippen molar-refractivity contribution in [2.45, 2.75) is 71.5 Å². The second-order valence-electron chi connectivity index (χ2n) is 11.5. The fraction of sp³-hybridized carbons (Fsp3) is 0.452. The maximum Gasteiger partial charge on any atom is 0.331 e. The number of amides is 2. The molecule has 0 aliphatic carbocycles. The van der Waals surface area contributed by atoms with Crippen LogP contribution in [0, 0.1) is 5.41 Å². The first-order valence-electron chi connectivity index (χ1n) is 13.0. The lowest BCUT2D eigenvalue weighted by molar-refractivity contribution is -0.140. The quantitative estimate of drug-likeness (QED) is 0.385. The number of likely N-dealkylation sites (N-methyl/N-ethyl adjacent to an activating group) is 2. The molecule has 3 N–H and O–H groups in total. The van der Waals surface area contributed by atoms with Crippen LogP contribution in [-0.4, -0.2) is 60.0 Å². The molecule has 206 valence electrons. The molecular formula is C31H43N3O4. The average Bonchev–Trinajstić information content (AvgIpc) is 2.86. The van der Waals surface area contributed by atoms with Gasteiger partial charge in [-0.3, -0.25) is 9.59 Å². The van der Waals surface area contributed by atoms with Crippen LogP contribution in [0.5, 0.6) is 0 Å². The number of carbonyl (C=O) groups is 3. The molecule has 7 heteroatoms. The standard InChI is InChI=1S/C31H43N3O4/c1-21(29(37)38)19-24(20-22-15-11-9-12-16-22)34(8)28(36)26(30(2,3)4)33-27(35)25(32-7)31(5,6)23-17-13-10-14-18-23/h9-19,24-26,32H,20H2,1-8H3,(H,33,35)(H,37,38)/t24-,25-,26-/m1/s1. The third kappa shape index (κ3) is 7.78. The molecule has 38 heavy (non-hydrogen) atoms. The lowest BCUT2D eigenvalue weighted by atomic mass is 9.76. The Kier molecular flexibility index (Phi) is 10.4. The van der Waals surface area contributed by atoms with Gasteiger partial charge in [0.15, 0.2) is 0 Å². The predicted molar refractivity (Wildman–Crippen MR) is 152 cm³/mol. The van der Waals surface area contributed by atoms with Crippen LogP contribution in [0.15, 0.2) is 72.3 Å². The van der Waals surface area contributed by atoms with E-state index >= 15 is 0 Å². The van der Waals surface area contributed by atoms with E-state index in [4.69, 9.17) is 0 Å². The highest BCUT2D eigenvalue weighted by atomic mass is 16.4. The summed E-state index contributed by atoms with van der Waals surface area (Å²) in [6.45, 7) is 11.2. The van der Waals surface area contributed by atoms with Crippen LogP contribution in [0.3, 0.4) is 0 Å². The number of carboxylic acid groups (broad SMARTS) is 1. The molecule has 2 aromatic rings. The number of hydrogen-bond donors (Lipinski definition) is 3. The van der Waals surface area contributed by atoms with Crippen molar-refractivity contribution in [3.8, 4) is 0 Å². The number of nitrogens with one attached hydrogen (secondary N) is 2. The van der Waals surface area contributed by atoms with E-state index in [0.29, 0.717) is 6.42 Å². The highest BCUT2D eigenvalue weighted by Crippen LogP contribution is 2.29. The summed E-state index contributed by atoms with van der Waals surface area (Å²) >= 11 is 0. The highest BCUT2D eigenvalue weighted by molar-refractivity contribution is 5.91. The van der Waals surface area contributed by atoms with E-state index in [1.54, 1.807) is 25.1 Å². The fourth-order valence-corrected chi connectivity index (χ4v) is 4.62. The van der Waals surface area contributed by atoms with Gasteiger partial charge < -0.3 is 20.6 Å². The van der Waals surface area contributed by atoms with Crippen LogP contribution in [0.2, 0.25) is 0 Å². The Morgan fingerprint density at radius 2 is 1.45 bits per heavy atom. The maximum atomic E-state index is 14.0. The fourth-order valence-electron chi connectivity index (χ4n) is 4.62.